The van der Waals surface area contributed by atoms with Crippen LogP contribution in [0, 0.1) is 0 Å². The number of hydrogen-bond acceptors (Lipinski definition) is 7. The van der Waals surface area contributed by atoms with Crippen molar-refractivity contribution in [3.63, 3.8) is 0 Å². The summed E-state index contributed by atoms with van der Waals surface area (Å²) in [6.45, 7) is -0.528. The zero-order valence-corrected chi connectivity index (χ0v) is 18.6. The number of nitrogens with one attached hydrogen (secondary N) is 1. The van der Waals surface area contributed by atoms with Crippen molar-refractivity contribution in [2.24, 2.45) is 0 Å². The molecule has 1 aliphatic rings. The Labute approximate surface area is 202 Å². The summed E-state index contributed by atoms with van der Waals surface area (Å²) in [5, 5.41) is 18.8. The maximum Gasteiger partial charge on any atom is 0.416 e. The summed E-state index contributed by atoms with van der Waals surface area (Å²) in [6, 6.07) is 5.01. The third-order valence-electron chi connectivity index (χ3n) is 4.45. The molecule has 15 heteroatoms. The van der Waals surface area contributed by atoms with E-state index in [0.717, 1.165) is 16.8 Å². The van der Waals surface area contributed by atoms with E-state index in [-0.39, 0.29) is 26.7 Å². The Hall–Kier alpha value is -3.01. The topological polar surface area (TPSA) is 103 Å². The Kier molecular flexibility index (Phi) is 7.54. The number of amides is 1. The molecule has 2 aromatic rings. The van der Waals surface area contributed by atoms with Crippen LogP contribution in [-0.4, -0.2) is 49.1 Å². The number of alkyl halides is 6. The van der Waals surface area contributed by atoms with E-state index in [9.17, 15) is 41.0 Å². The van der Waals surface area contributed by atoms with Crippen LogP contribution in [0.2, 0.25) is 0 Å². The molecule has 1 aromatic carbocycles. The number of thioether (sulfide) groups is 1. The third-order valence-corrected chi connectivity index (χ3v) is 5.76. The van der Waals surface area contributed by atoms with Gasteiger partial charge in [-0.05, 0) is 36.4 Å². The minimum absolute atomic E-state index is 0.00279. The van der Waals surface area contributed by atoms with Crippen LogP contribution < -0.4 is 5.43 Å². The molecular formula is C20H13F6N3O4S2. The van der Waals surface area contributed by atoms with Gasteiger partial charge >= 0.3 is 18.3 Å². The standard InChI is InChI=1S/C20H13F6N3O4S2/c21-19(22,23)10-4-9(5-11(6-10)20(24,25)26)13-3-1-2-12(28-13)7-15-16(31)29(18(34)35-15)27-8-14(30)17(32)33/h1-7,14,27,30H,8H2,(H,32,33)/b15-7-. The number of pyridine rings is 1. The molecule has 3 rings (SSSR count). The number of hydrazine groups is 1. The summed E-state index contributed by atoms with van der Waals surface area (Å²) in [4.78, 5) is 27.3. The van der Waals surface area contributed by atoms with Crippen LogP contribution in [-0.2, 0) is 21.9 Å². The highest BCUT2D eigenvalue weighted by molar-refractivity contribution is 8.26. The van der Waals surface area contributed by atoms with Crippen molar-refractivity contribution in [3.8, 4) is 11.3 Å². The van der Waals surface area contributed by atoms with Gasteiger partial charge in [0.15, 0.2) is 10.4 Å². The second-order valence-electron chi connectivity index (χ2n) is 6.98. The van der Waals surface area contributed by atoms with E-state index in [4.69, 9.17) is 17.3 Å². The van der Waals surface area contributed by atoms with Gasteiger partial charge in [-0.1, -0.05) is 30.0 Å². The van der Waals surface area contributed by atoms with E-state index in [1.165, 1.54) is 24.3 Å². The zero-order valence-electron chi connectivity index (χ0n) is 17.0. The average Bonchev–Trinajstić information content (AvgIpc) is 3.02. The first-order valence-corrected chi connectivity index (χ1v) is 10.6. The van der Waals surface area contributed by atoms with Crippen LogP contribution >= 0.6 is 24.0 Å². The molecule has 186 valence electrons. The van der Waals surface area contributed by atoms with Crippen LogP contribution in [0.3, 0.4) is 0 Å². The Morgan fingerprint density at radius 2 is 1.74 bits per heavy atom. The summed E-state index contributed by atoms with van der Waals surface area (Å²) in [7, 11) is 0. The summed E-state index contributed by atoms with van der Waals surface area (Å²) < 4.78 is 79.0. The molecule has 1 aromatic heterocycles. The number of aromatic nitrogens is 1. The molecule has 35 heavy (non-hydrogen) atoms. The van der Waals surface area contributed by atoms with E-state index in [1.807, 2.05) is 0 Å². The lowest BCUT2D eigenvalue weighted by Gasteiger charge is -2.16. The number of rotatable bonds is 6. The fourth-order valence-electron chi connectivity index (χ4n) is 2.80. The Bertz CT molecular complexity index is 1180. The monoisotopic (exact) mass is 537 g/mol. The predicted molar refractivity (Wildman–Crippen MR) is 116 cm³/mol. The second-order valence-corrected chi connectivity index (χ2v) is 8.65. The summed E-state index contributed by atoms with van der Waals surface area (Å²) in [6.07, 6.45) is -10.6. The maximum absolute atomic E-state index is 13.2. The number of benzene rings is 1. The van der Waals surface area contributed by atoms with E-state index in [0.29, 0.717) is 12.1 Å². The zero-order chi connectivity index (χ0) is 26.1. The quantitative estimate of drug-likeness (QED) is 0.290. The van der Waals surface area contributed by atoms with E-state index < -0.39 is 53.6 Å². The number of halogens is 6. The number of carbonyl (C=O) groups is 2. The highest BCUT2D eigenvalue weighted by atomic mass is 32.2. The number of aliphatic hydroxyl groups excluding tert-OH is 1. The minimum Gasteiger partial charge on any atom is -0.479 e. The normalized spacial score (nSPS) is 16.8. The molecule has 0 saturated carbocycles. The third kappa shape index (κ3) is 6.36. The predicted octanol–water partition coefficient (Wildman–Crippen LogP) is 3.94. The number of aliphatic hydroxyl groups is 1. The molecule has 0 bridgehead atoms. The summed E-state index contributed by atoms with van der Waals surface area (Å²) in [5.41, 5.74) is -1.21. The lowest BCUT2D eigenvalue weighted by molar-refractivity contribution is -0.147. The molecule has 1 aliphatic heterocycles. The number of carboxylic acids is 1. The summed E-state index contributed by atoms with van der Waals surface area (Å²) in [5.74, 6) is -2.24. The second kappa shape index (κ2) is 9.93. The molecule has 1 unspecified atom stereocenters. The average molecular weight is 537 g/mol. The number of carboxylic acid groups (broad SMARTS) is 1. The van der Waals surface area contributed by atoms with Gasteiger partial charge in [0.25, 0.3) is 5.91 Å². The highest BCUT2D eigenvalue weighted by Crippen LogP contribution is 2.38. The van der Waals surface area contributed by atoms with Gasteiger partial charge in [0.1, 0.15) is 0 Å². The van der Waals surface area contributed by atoms with E-state index >= 15 is 0 Å². The number of carbonyl (C=O) groups excluding carboxylic acids is 1. The fraction of sp³-hybridized carbons (Fsp3) is 0.200. The first-order chi connectivity index (χ1) is 16.2. The first-order valence-electron chi connectivity index (χ1n) is 9.36. The molecule has 1 saturated heterocycles. The Balaban J connectivity index is 1.92. The van der Waals surface area contributed by atoms with Crippen LogP contribution in [0.5, 0.6) is 0 Å². The molecule has 2 heterocycles. The molecule has 7 nitrogen and oxygen atoms in total. The van der Waals surface area contributed by atoms with Crippen LogP contribution in [0.15, 0.2) is 41.3 Å². The summed E-state index contributed by atoms with van der Waals surface area (Å²) >= 11 is 5.82. The van der Waals surface area contributed by atoms with Crippen molar-refractivity contribution >= 4 is 46.3 Å². The van der Waals surface area contributed by atoms with E-state index in [2.05, 4.69) is 10.4 Å². The van der Waals surface area contributed by atoms with Gasteiger partial charge < -0.3 is 10.2 Å². The number of nitrogens with zero attached hydrogens (tertiary/aromatic N) is 2. The first kappa shape index (κ1) is 26.6. The molecule has 1 amide bonds. The van der Waals surface area contributed by atoms with Crippen molar-refractivity contribution in [1.29, 1.82) is 0 Å². The van der Waals surface area contributed by atoms with Crippen LogP contribution in [0.1, 0.15) is 16.8 Å². The smallest absolute Gasteiger partial charge is 0.416 e. The molecule has 0 radical (unpaired) electrons. The van der Waals surface area contributed by atoms with Gasteiger partial charge in [0, 0.05) is 5.56 Å². The Morgan fingerprint density at radius 3 is 2.29 bits per heavy atom. The van der Waals surface area contributed by atoms with Crippen LogP contribution in [0.25, 0.3) is 17.3 Å². The molecule has 1 fully saturated rings. The lowest BCUT2D eigenvalue weighted by atomic mass is 10.0. The Morgan fingerprint density at radius 1 is 1.14 bits per heavy atom. The molecule has 1 atom stereocenters. The lowest BCUT2D eigenvalue weighted by Crippen LogP contribution is -2.46. The SMILES string of the molecule is O=C(O)C(O)CNN1C(=O)/C(=C/c2cccc(-c3cc(C(F)(F)F)cc(C(F)(F)F)c3)n2)SC1=S. The fourth-order valence-corrected chi connectivity index (χ4v) is 4.00. The van der Waals surface area contributed by atoms with Crippen molar-refractivity contribution in [1.82, 2.24) is 15.4 Å². The van der Waals surface area contributed by atoms with Crippen molar-refractivity contribution in [3.05, 3.63) is 58.1 Å². The maximum atomic E-state index is 13.2. The largest absolute Gasteiger partial charge is 0.479 e. The van der Waals surface area contributed by atoms with Crippen molar-refractivity contribution < 1.29 is 46.1 Å². The van der Waals surface area contributed by atoms with Gasteiger partial charge in [-0.3, -0.25) is 4.79 Å². The van der Waals surface area contributed by atoms with Gasteiger partial charge in [-0.2, -0.15) is 26.3 Å². The van der Waals surface area contributed by atoms with Gasteiger partial charge in [0.2, 0.25) is 0 Å². The highest BCUT2D eigenvalue weighted by Gasteiger charge is 2.37. The van der Waals surface area contributed by atoms with E-state index in [1.54, 1.807) is 0 Å². The van der Waals surface area contributed by atoms with Crippen molar-refractivity contribution in [2.45, 2.75) is 18.5 Å². The van der Waals surface area contributed by atoms with Gasteiger partial charge in [0.05, 0.1) is 34.0 Å². The molecule has 3 N–H and O–H groups in total. The van der Waals surface area contributed by atoms with Crippen LogP contribution in [0.4, 0.5) is 26.3 Å². The molecule has 0 aliphatic carbocycles. The number of thiocarbonyl (C=S) groups is 1. The van der Waals surface area contributed by atoms with Crippen molar-refractivity contribution in [2.75, 3.05) is 6.54 Å². The van der Waals surface area contributed by atoms with Gasteiger partial charge in [-0.25, -0.2) is 20.2 Å². The number of aliphatic carboxylic acids is 1. The molecular weight excluding hydrogens is 524 g/mol. The molecule has 0 spiro atoms. The van der Waals surface area contributed by atoms with Gasteiger partial charge in [-0.15, -0.1) is 0 Å². The minimum atomic E-state index is -5.02. The number of hydrogen-bond donors (Lipinski definition) is 3.